The summed E-state index contributed by atoms with van der Waals surface area (Å²) in [6, 6.07) is 13.4. The van der Waals surface area contributed by atoms with Crippen molar-refractivity contribution in [3.63, 3.8) is 0 Å². The Balaban J connectivity index is 1.71. The number of aromatic nitrogens is 1. The van der Waals surface area contributed by atoms with Crippen LogP contribution in [0.4, 0.5) is 5.69 Å². The Labute approximate surface area is 158 Å². The van der Waals surface area contributed by atoms with Crippen LogP contribution in [0.2, 0.25) is 0 Å². The largest absolute Gasteiger partial charge is 0.475 e. The van der Waals surface area contributed by atoms with Crippen LogP contribution in [0, 0.1) is 0 Å². The third-order valence-electron chi connectivity index (χ3n) is 4.80. The maximum absolute atomic E-state index is 12.6. The van der Waals surface area contributed by atoms with Crippen molar-refractivity contribution in [1.82, 2.24) is 4.98 Å². The van der Waals surface area contributed by atoms with Gasteiger partial charge in [0.25, 0.3) is 0 Å². The van der Waals surface area contributed by atoms with E-state index in [1.807, 2.05) is 38.1 Å². The van der Waals surface area contributed by atoms with E-state index in [9.17, 15) is 4.79 Å². The molecule has 0 N–H and O–H groups in total. The van der Waals surface area contributed by atoms with E-state index in [0.29, 0.717) is 22.7 Å². The molecule has 0 amide bonds. The molecule has 5 heteroatoms. The normalized spacial score (nSPS) is 14.7. The predicted octanol–water partition coefficient (Wildman–Crippen LogP) is 4.63. The zero-order valence-electron chi connectivity index (χ0n) is 15.8. The van der Waals surface area contributed by atoms with Crippen molar-refractivity contribution in [2.75, 3.05) is 18.0 Å². The van der Waals surface area contributed by atoms with Gasteiger partial charge in [0, 0.05) is 36.3 Å². The molecule has 4 rings (SSSR count). The number of nitrogens with zero attached hydrogens (tertiary/aromatic N) is 2. The molecule has 3 aromatic rings. The van der Waals surface area contributed by atoms with Gasteiger partial charge in [0.05, 0.1) is 17.4 Å². The molecule has 5 nitrogen and oxygen atoms in total. The number of hydrogen-bond donors (Lipinski definition) is 0. The third-order valence-corrected chi connectivity index (χ3v) is 4.80. The monoisotopic (exact) mass is 364 g/mol. The summed E-state index contributed by atoms with van der Waals surface area (Å²) in [5.74, 6) is 0.502. The SMILES string of the molecule is CC(C)Oc1cccc(-c2cc3ccc(N4CCCCC4)cc3oc2=O)n1. The summed E-state index contributed by atoms with van der Waals surface area (Å²) in [7, 11) is 0. The van der Waals surface area contributed by atoms with E-state index in [2.05, 4.69) is 16.0 Å². The fourth-order valence-corrected chi connectivity index (χ4v) is 3.50. The molecule has 140 valence electrons. The van der Waals surface area contributed by atoms with Crippen molar-refractivity contribution in [1.29, 1.82) is 0 Å². The molecule has 1 aliphatic rings. The van der Waals surface area contributed by atoms with Gasteiger partial charge in [0.15, 0.2) is 0 Å². The van der Waals surface area contributed by atoms with Crippen LogP contribution in [0.25, 0.3) is 22.2 Å². The van der Waals surface area contributed by atoms with Gasteiger partial charge in [-0.2, -0.15) is 0 Å². The van der Waals surface area contributed by atoms with Gasteiger partial charge in [-0.05, 0) is 57.4 Å². The number of piperidine rings is 1. The minimum Gasteiger partial charge on any atom is -0.475 e. The van der Waals surface area contributed by atoms with Gasteiger partial charge < -0.3 is 14.1 Å². The van der Waals surface area contributed by atoms with Crippen molar-refractivity contribution < 1.29 is 9.15 Å². The molecule has 0 unspecified atom stereocenters. The number of benzene rings is 1. The highest BCUT2D eigenvalue weighted by molar-refractivity contribution is 5.84. The number of anilines is 1. The highest BCUT2D eigenvalue weighted by atomic mass is 16.5. The van der Waals surface area contributed by atoms with Crippen LogP contribution in [-0.2, 0) is 0 Å². The van der Waals surface area contributed by atoms with Crippen LogP contribution >= 0.6 is 0 Å². The van der Waals surface area contributed by atoms with Crippen molar-refractivity contribution in [2.45, 2.75) is 39.2 Å². The minimum atomic E-state index is -0.382. The second-order valence-corrected chi connectivity index (χ2v) is 7.25. The van der Waals surface area contributed by atoms with E-state index in [1.165, 1.54) is 19.3 Å². The lowest BCUT2D eigenvalue weighted by Gasteiger charge is -2.28. The number of fused-ring (bicyclic) bond motifs is 1. The van der Waals surface area contributed by atoms with E-state index >= 15 is 0 Å². The van der Waals surface area contributed by atoms with Crippen molar-refractivity contribution in [3.8, 4) is 17.1 Å². The summed E-state index contributed by atoms with van der Waals surface area (Å²) < 4.78 is 11.3. The summed E-state index contributed by atoms with van der Waals surface area (Å²) in [6.07, 6.45) is 3.73. The first kappa shape index (κ1) is 17.6. The van der Waals surface area contributed by atoms with Crippen LogP contribution in [0.15, 0.2) is 51.7 Å². The summed E-state index contributed by atoms with van der Waals surface area (Å²) in [4.78, 5) is 19.4. The highest BCUT2D eigenvalue weighted by Gasteiger charge is 2.14. The van der Waals surface area contributed by atoms with Crippen molar-refractivity contribution in [2.24, 2.45) is 0 Å². The van der Waals surface area contributed by atoms with Gasteiger partial charge in [0.2, 0.25) is 5.88 Å². The van der Waals surface area contributed by atoms with Gasteiger partial charge in [-0.3, -0.25) is 0 Å². The Hall–Kier alpha value is -2.82. The molecule has 0 spiro atoms. The number of pyridine rings is 1. The molecule has 0 aliphatic carbocycles. The molecule has 3 heterocycles. The van der Waals surface area contributed by atoms with E-state index < -0.39 is 0 Å². The second kappa shape index (κ2) is 7.43. The summed E-state index contributed by atoms with van der Waals surface area (Å²) in [5, 5.41) is 0.891. The molecule has 27 heavy (non-hydrogen) atoms. The quantitative estimate of drug-likeness (QED) is 0.632. The topological polar surface area (TPSA) is 55.6 Å². The number of rotatable bonds is 4. The smallest absolute Gasteiger partial charge is 0.345 e. The Kier molecular flexibility index (Phi) is 4.84. The van der Waals surface area contributed by atoms with E-state index in [1.54, 1.807) is 12.1 Å². The first-order valence-corrected chi connectivity index (χ1v) is 9.57. The zero-order chi connectivity index (χ0) is 18.8. The first-order chi connectivity index (χ1) is 13.1. The van der Waals surface area contributed by atoms with Crippen LogP contribution < -0.4 is 15.3 Å². The van der Waals surface area contributed by atoms with E-state index in [-0.39, 0.29) is 11.7 Å². The van der Waals surface area contributed by atoms with Crippen LogP contribution in [0.5, 0.6) is 5.88 Å². The predicted molar refractivity (Wildman–Crippen MR) is 108 cm³/mol. The fourth-order valence-electron chi connectivity index (χ4n) is 3.50. The maximum Gasteiger partial charge on any atom is 0.345 e. The second-order valence-electron chi connectivity index (χ2n) is 7.25. The van der Waals surface area contributed by atoms with Crippen LogP contribution in [0.3, 0.4) is 0 Å². The summed E-state index contributed by atoms with van der Waals surface area (Å²) in [6.45, 7) is 6.00. The van der Waals surface area contributed by atoms with E-state index in [4.69, 9.17) is 9.15 Å². The Morgan fingerprint density at radius 2 is 1.89 bits per heavy atom. The third kappa shape index (κ3) is 3.82. The Morgan fingerprint density at radius 3 is 2.67 bits per heavy atom. The highest BCUT2D eigenvalue weighted by Crippen LogP contribution is 2.27. The summed E-state index contributed by atoms with van der Waals surface area (Å²) in [5.41, 5.74) is 2.35. The average molecular weight is 364 g/mol. The van der Waals surface area contributed by atoms with Gasteiger partial charge in [-0.15, -0.1) is 0 Å². The molecule has 0 bridgehead atoms. The lowest BCUT2D eigenvalue weighted by Crippen LogP contribution is -2.29. The molecule has 0 atom stereocenters. The molecular formula is C22H24N2O3. The first-order valence-electron chi connectivity index (χ1n) is 9.57. The van der Waals surface area contributed by atoms with Crippen LogP contribution in [-0.4, -0.2) is 24.2 Å². The lowest BCUT2D eigenvalue weighted by molar-refractivity contribution is 0.233. The molecule has 1 aromatic carbocycles. The standard InChI is InChI=1S/C22H24N2O3/c1-15(2)26-21-8-6-7-19(23-21)18-13-16-9-10-17(14-20(16)27-22(18)25)24-11-4-3-5-12-24/h6-10,13-15H,3-5,11-12H2,1-2H3. The zero-order valence-corrected chi connectivity index (χ0v) is 15.8. The van der Waals surface area contributed by atoms with Crippen molar-refractivity contribution in [3.05, 3.63) is 52.9 Å². The molecule has 1 saturated heterocycles. The molecule has 2 aromatic heterocycles. The Bertz CT molecular complexity index is 1000. The lowest BCUT2D eigenvalue weighted by atomic mass is 10.1. The van der Waals surface area contributed by atoms with Gasteiger partial charge in [-0.1, -0.05) is 6.07 Å². The fraction of sp³-hybridized carbons (Fsp3) is 0.364. The minimum absolute atomic E-state index is 0.0222. The van der Waals surface area contributed by atoms with Gasteiger partial charge >= 0.3 is 5.63 Å². The maximum atomic E-state index is 12.6. The number of hydrogen-bond acceptors (Lipinski definition) is 5. The molecule has 1 fully saturated rings. The Morgan fingerprint density at radius 1 is 1.07 bits per heavy atom. The average Bonchev–Trinajstić information content (AvgIpc) is 2.67. The van der Waals surface area contributed by atoms with E-state index in [0.717, 1.165) is 24.2 Å². The molecule has 1 aliphatic heterocycles. The molecule has 0 saturated carbocycles. The molecular weight excluding hydrogens is 340 g/mol. The van der Waals surface area contributed by atoms with Crippen LogP contribution in [0.1, 0.15) is 33.1 Å². The summed E-state index contributed by atoms with van der Waals surface area (Å²) >= 11 is 0. The van der Waals surface area contributed by atoms with Gasteiger partial charge in [-0.25, -0.2) is 9.78 Å². The van der Waals surface area contributed by atoms with Gasteiger partial charge in [0.1, 0.15) is 5.58 Å². The molecule has 0 radical (unpaired) electrons. The van der Waals surface area contributed by atoms with Crippen molar-refractivity contribution >= 4 is 16.7 Å². The number of ether oxygens (including phenoxy) is 1.